The van der Waals surface area contributed by atoms with E-state index in [0.29, 0.717) is 12.8 Å². The van der Waals surface area contributed by atoms with E-state index in [2.05, 4.69) is 38.0 Å². The lowest BCUT2D eigenvalue weighted by Gasteiger charge is -2.44. The molecule has 412 valence electrons. The number of likely N-dealkylation sites (tertiary alicyclic amines) is 1. The number of rotatable bonds is 19. The van der Waals surface area contributed by atoms with E-state index in [0.717, 1.165) is 41.5 Å². The highest BCUT2D eigenvalue weighted by Gasteiger charge is 2.55. The molecule has 3 aromatic carbocycles. The molecule has 2 aliphatic carbocycles. The van der Waals surface area contributed by atoms with Gasteiger partial charge in [0.1, 0.15) is 24.2 Å². The summed E-state index contributed by atoms with van der Waals surface area (Å²) in [5, 5.41) is 18.4. The standard InChI is InChI=1S/C59H83N9O8/c1-36(60-9)50(69)64-48(57(3,4)5)54(73)66-32-41-24-16-15-23-40(41)30-46(66)53(72)68(47(34-76-11)39-21-13-12-14-22-39)35-59(28-29-59)56(75)62-42-31-45(52(71)63-44-27-19-25-38-20-17-18-26-43(38)44)67(33-42)55(74)49(58(6,7)8)65-51(70)37(2)61-10/h12-18,20-24,26,36-37,42,44-49,60-61H,19,25,27-35H2,1-11H3,(H,62,75)(H,63,71)(H,64,69)(H,65,70)/t36-,37-,42-,44+,45-,46-,47-,48+,49+/m0/s1. The van der Waals surface area contributed by atoms with Crippen molar-refractivity contribution in [1.82, 2.24) is 46.6 Å². The van der Waals surface area contributed by atoms with Crippen LogP contribution in [0.15, 0.2) is 78.9 Å². The van der Waals surface area contributed by atoms with Gasteiger partial charge in [-0.15, -0.1) is 0 Å². The lowest BCUT2D eigenvalue weighted by atomic mass is 9.84. The smallest absolute Gasteiger partial charge is 0.246 e. The van der Waals surface area contributed by atoms with E-state index in [1.165, 1.54) is 10.5 Å². The molecule has 1 saturated carbocycles. The first-order valence-corrected chi connectivity index (χ1v) is 27.2. The zero-order chi connectivity index (χ0) is 55.3. The van der Waals surface area contributed by atoms with E-state index in [9.17, 15) is 19.2 Å². The van der Waals surface area contributed by atoms with Gasteiger partial charge in [0.15, 0.2) is 0 Å². The number of amides is 7. The molecule has 7 rings (SSSR count). The molecule has 7 amide bonds. The van der Waals surface area contributed by atoms with Gasteiger partial charge in [-0.1, -0.05) is 120 Å². The predicted molar refractivity (Wildman–Crippen MR) is 291 cm³/mol. The molecule has 3 aromatic rings. The number of carbonyl (C=O) groups excluding carboxylic acids is 7. The second-order valence-corrected chi connectivity index (χ2v) is 23.8. The average molecular weight is 1050 g/mol. The summed E-state index contributed by atoms with van der Waals surface area (Å²) < 4.78 is 5.87. The Morgan fingerprint density at radius 3 is 1.83 bits per heavy atom. The molecule has 0 spiro atoms. The van der Waals surface area contributed by atoms with Crippen LogP contribution in [-0.4, -0.2) is 139 Å². The van der Waals surface area contributed by atoms with Crippen molar-refractivity contribution >= 4 is 41.4 Å². The molecule has 6 N–H and O–H groups in total. The van der Waals surface area contributed by atoms with Gasteiger partial charge in [0, 0.05) is 39.2 Å². The number of nitrogens with zero attached hydrogens (tertiary/aromatic N) is 3. The maximum atomic E-state index is 15.9. The summed E-state index contributed by atoms with van der Waals surface area (Å²) in [6.45, 7) is 14.9. The molecule has 17 heteroatoms. The number of hydrogen-bond donors (Lipinski definition) is 6. The first kappa shape index (κ1) is 57.5. The van der Waals surface area contributed by atoms with Gasteiger partial charge >= 0.3 is 0 Å². The van der Waals surface area contributed by atoms with Crippen LogP contribution in [0, 0.1) is 16.2 Å². The fourth-order valence-corrected chi connectivity index (χ4v) is 11.0. The van der Waals surface area contributed by atoms with Crippen molar-refractivity contribution in [2.75, 3.05) is 40.9 Å². The molecule has 0 unspecified atom stereocenters. The van der Waals surface area contributed by atoms with Crippen LogP contribution in [0.1, 0.15) is 127 Å². The quantitative estimate of drug-likeness (QED) is 0.0991. The van der Waals surface area contributed by atoms with Crippen LogP contribution in [0.4, 0.5) is 0 Å². The Morgan fingerprint density at radius 1 is 0.711 bits per heavy atom. The van der Waals surface area contributed by atoms with Crippen LogP contribution in [-0.2, 0) is 57.7 Å². The van der Waals surface area contributed by atoms with Crippen molar-refractivity contribution in [3.8, 4) is 0 Å². The monoisotopic (exact) mass is 1050 g/mol. The minimum Gasteiger partial charge on any atom is -0.382 e. The SMILES string of the molecule is CN[C@@H](C)C(=O)N[C@H](C(=O)N1C[C@@H](NC(=O)C2(CN(C(=O)[C@@H]3Cc4ccccc4CN3C(=O)[C@@H](NC(=O)[C@H](C)NC)C(C)(C)C)[C@@H](COC)c3ccccc3)CC2)C[C@H]1C(=O)N[C@@H]1CCCc2ccccc21)C(C)(C)C. The molecule has 0 bridgehead atoms. The molecule has 17 nitrogen and oxygen atoms in total. The van der Waals surface area contributed by atoms with Crippen molar-refractivity contribution in [2.45, 2.75) is 161 Å². The van der Waals surface area contributed by atoms with Gasteiger partial charge in [0.25, 0.3) is 0 Å². The number of aryl methyl sites for hydroxylation is 1. The molecule has 2 fully saturated rings. The van der Waals surface area contributed by atoms with Crippen molar-refractivity contribution < 1.29 is 38.3 Å². The van der Waals surface area contributed by atoms with Gasteiger partial charge in [-0.25, -0.2) is 0 Å². The summed E-state index contributed by atoms with van der Waals surface area (Å²) in [6, 6.07) is 18.6. The molecule has 2 heterocycles. The molecule has 1 saturated heterocycles. The fraction of sp³-hybridized carbons (Fsp3) is 0.576. The highest BCUT2D eigenvalue weighted by molar-refractivity contribution is 5.96. The molecular weight excluding hydrogens is 963 g/mol. The number of likely N-dealkylation sites (N-methyl/N-ethyl adjacent to an activating group) is 2. The van der Waals surface area contributed by atoms with Gasteiger partial charge in [0.2, 0.25) is 41.4 Å². The zero-order valence-corrected chi connectivity index (χ0v) is 46.6. The summed E-state index contributed by atoms with van der Waals surface area (Å²) in [6.07, 6.45) is 3.77. The van der Waals surface area contributed by atoms with E-state index in [1.807, 2.05) is 114 Å². The van der Waals surface area contributed by atoms with Crippen LogP contribution >= 0.6 is 0 Å². The van der Waals surface area contributed by atoms with E-state index >= 15 is 14.4 Å². The van der Waals surface area contributed by atoms with E-state index in [1.54, 1.807) is 44.9 Å². The third-order valence-electron chi connectivity index (χ3n) is 16.2. The van der Waals surface area contributed by atoms with E-state index in [-0.39, 0.29) is 74.7 Å². The largest absolute Gasteiger partial charge is 0.382 e. The summed E-state index contributed by atoms with van der Waals surface area (Å²) in [5.74, 6) is -2.54. The first-order valence-electron chi connectivity index (χ1n) is 27.2. The minimum atomic E-state index is -1.06. The maximum Gasteiger partial charge on any atom is 0.246 e. The van der Waals surface area contributed by atoms with Gasteiger partial charge in [0.05, 0.1) is 36.2 Å². The second kappa shape index (κ2) is 24.0. The number of carbonyl (C=O) groups is 7. The molecule has 9 atom stereocenters. The fourth-order valence-electron chi connectivity index (χ4n) is 11.0. The normalized spacial score (nSPS) is 21.8. The number of ether oxygens (including phenoxy) is 1. The van der Waals surface area contributed by atoms with Crippen LogP contribution in [0.2, 0.25) is 0 Å². The van der Waals surface area contributed by atoms with Gasteiger partial charge in [-0.2, -0.15) is 0 Å². The Bertz CT molecular complexity index is 2590. The van der Waals surface area contributed by atoms with Gasteiger partial charge in [-0.3, -0.25) is 33.6 Å². The predicted octanol–water partition coefficient (Wildman–Crippen LogP) is 4.49. The van der Waals surface area contributed by atoms with Crippen molar-refractivity contribution in [2.24, 2.45) is 16.2 Å². The van der Waals surface area contributed by atoms with Gasteiger partial charge < -0.3 is 51.3 Å². The summed E-state index contributed by atoms with van der Waals surface area (Å²) in [7, 11) is 4.91. The summed E-state index contributed by atoms with van der Waals surface area (Å²) in [5.41, 5.74) is 2.27. The molecule has 4 aliphatic rings. The zero-order valence-electron chi connectivity index (χ0n) is 46.6. The molecule has 0 radical (unpaired) electrons. The van der Waals surface area contributed by atoms with Crippen molar-refractivity contribution in [3.05, 3.63) is 107 Å². The molecule has 76 heavy (non-hydrogen) atoms. The average Bonchev–Trinajstić information content (AvgIpc) is 4.10. The van der Waals surface area contributed by atoms with Crippen LogP contribution in [0.5, 0.6) is 0 Å². The summed E-state index contributed by atoms with van der Waals surface area (Å²) in [4.78, 5) is 108. The Balaban J connectivity index is 1.21. The highest BCUT2D eigenvalue weighted by Crippen LogP contribution is 2.48. The van der Waals surface area contributed by atoms with Crippen LogP contribution in [0.3, 0.4) is 0 Å². The number of hydrogen-bond acceptors (Lipinski definition) is 10. The topological polar surface area (TPSA) is 211 Å². The Morgan fingerprint density at radius 2 is 1.26 bits per heavy atom. The van der Waals surface area contributed by atoms with Gasteiger partial charge in [-0.05, 0) is 105 Å². The number of methoxy groups -OCH3 is 1. The van der Waals surface area contributed by atoms with E-state index in [4.69, 9.17) is 4.74 Å². The molecule has 2 aliphatic heterocycles. The Labute approximate surface area is 449 Å². The van der Waals surface area contributed by atoms with Crippen LogP contribution in [0.25, 0.3) is 0 Å². The lowest BCUT2D eigenvalue weighted by molar-refractivity contribution is -0.154. The molecule has 0 aromatic heterocycles. The third kappa shape index (κ3) is 13.0. The molecular formula is C59H83N9O8. The van der Waals surface area contributed by atoms with Crippen LogP contribution < -0.4 is 31.9 Å². The highest BCUT2D eigenvalue weighted by atomic mass is 16.5. The maximum absolute atomic E-state index is 15.9. The minimum absolute atomic E-state index is 0.0119. The second-order valence-electron chi connectivity index (χ2n) is 23.8. The number of nitrogens with one attached hydrogen (secondary N) is 6. The number of fused-ring (bicyclic) bond motifs is 2. The van der Waals surface area contributed by atoms with E-state index < -0.39 is 76.4 Å². The Hall–Kier alpha value is -6.17. The van der Waals surface area contributed by atoms with Crippen molar-refractivity contribution in [3.63, 3.8) is 0 Å². The number of benzene rings is 3. The lowest BCUT2D eigenvalue weighted by Crippen LogP contribution is -2.62. The third-order valence-corrected chi connectivity index (χ3v) is 16.2. The first-order chi connectivity index (χ1) is 36.0. The van der Waals surface area contributed by atoms with Crippen molar-refractivity contribution in [1.29, 1.82) is 0 Å². The Kier molecular flexibility index (Phi) is 18.2. The summed E-state index contributed by atoms with van der Waals surface area (Å²) >= 11 is 0.